The van der Waals surface area contributed by atoms with Gasteiger partial charge < -0.3 is 10.5 Å². The minimum absolute atomic E-state index is 0.126. The van der Waals surface area contributed by atoms with E-state index >= 15 is 0 Å². The quantitative estimate of drug-likeness (QED) is 0.919. The number of nitrogens with two attached hydrogens (primary N) is 1. The van der Waals surface area contributed by atoms with E-state index < -0.39 is 0 Å². The number of benzene rings is 2. The molecule has 0 fully saturated rings. The van der Waals surface area contributed by atoms with Crippen molar-refractivity contribution < 1.29 is 4.74 Å². The lowest BCUT2D eigenvalue weighted by atomic mass is 10.1. The van der Waals surface area contributed by atoms with E-state index in [0.29, 0.717) is 6.54 Å². The standard InChI is InChI=1S/C16H18BrNO/c1-11-6-12(2)8-15(7-11)19-16(10-18)13-4-3-5-14(17)9-13/h3-9,16H,10,18H2,1-2H3. The molecule has 0 aromatic heterocycles. The van der Waals surface area contributed by atoms with Crippen LogP contribution in [0, 0.1) is 13.8 Å². The van der Waals surface area contributed by atoms with Gasteiger partial charge in [-0.15, -0.1) is 0 Å². The van der Waals surface area contributed by atoms with Gasteiger partial charge in [0, 0.05) is 11.0 Å². The topological polar surface area (TPSA) is 35.2 Å². The van der Waals surface area contributed by atoms with Crippen molar-refractivity contribution in [2.75, 3.05) is 6.54 Å². The van der Waals surface area contributed by atoms with Crippen LogP contribution in [0.3, 0.4) is 0 Å². The number of hydrogen-bond acceptors (Lipinski definition) is 2. The molecule has 3 heteroatoms. The van der Waals surface area contributed by atoms with Crippen LogP contribution in [0.25, 0.3) is 0 Å². The summed E-state index contributed by atoms with van der Waals surface area (Å²) in [7, 11) is 0. The second kappa shape index (κ2) is 6.22. The molecule has 0 heterocycles. The first kappa shape index (κ1) is 14.1. The third-order valence-electron chi connectivity index (χ3n) is 2.91. The summed E-state index contributed by atoms with van der Waals surface area (Å²) in [5.74, 6) is 0.868. The molecule has 0 aliphatic rings. The molecule has 2 N–H and O–H groups in total. The van der Waals surface area contributed by atoms with E-state index in [1.165, 1.54) is 11.1 Å². The fourth-order valence-electron chi connectivity index (χ4n) is 2.12. The molecule has 0 radical (unpaired) electrons. The molecule has 2 nitrogen and oxygen atoms in total. The summed E-state index contributed by atoms with van der Waals surface area (Å²) in [5, 5.41) is 0. The number of rotatable bonds is 4. The summed E-state index contributed by atoms with van der Waals surface area (Å²) in [4.78, 5) is 0. The lowest BCUT2D eigenvalue weighted by Crippen LogP contribution is -2.18. The third-order valence-corrected chi connectivity index (χ3v) is 3.40. The Labute approximate surface area is 122 Å². The number of ether oxygens (including phenoxy) is 1. The molecule has 100 valence electrons. The van der Waals surface area contributed by atoms with E-state index in [0.717, 1.165) is 15.8 Å². The molecule has 0 saturated heterocycles. The van der Waals surface area contributed by atoms with E-state index in [-0.39, 0.29) is 6.10 Å². The van der Waals surface area contributed by atoms with E-state index in [9.17, 15) is 0 Å². The summed E-state index contributed by atoms with van der Waals surface area (Å²) in [6.45, 7) is 4.58. The van der Waals surface area contributed by atoms with Gasteiger partial charge in [-0.2, -0.15) is 0 Å². The van der Waals surface area contributed by atoms with E-state index in [1.54, 1.807) is 0 Å². The number of aryl methyl sites for hydroxylation is 2. The summed E-state index contributed by atoms with van der Waals surface area (Å²) >= 11 is 3.47. The van der Waals surface area contributed by atoms with Crippen molar-refractivity contribution in [3.8, 4) is 5.75 Å². The van der Waals surface area contributed by atoms with Gasteiger partial charge in [-0.05, 0) is 54.8 Å². The van der Waals surface area contributed by atoms with Crippen molar-refractivity contribution in [3.63, 3.8) is 0 Å². The first-order valence-electron chi connectivity index (χ1n) is 6.29. The van der Waals surface area contributed by atoms with Gasteiger partial charge in [0.1, 0.15) is 11.9 Å². The van der Waals surface area contributed by atoms with Crippen LogP contribution < -0.4 is 10.5 Å². The smallest absolute Gasteiger partial charge is 0.136 e. The monoisotopic (exact) mass is 319 g/mol. The maximum absolute atomic E-state index is 6.02. The minimum Gasteiger partial charge on any atom is -0.484 e. The van der Waals surface area contributed by atoms with E-state index in [4.69, 9.17) is 10.5 Å². The Morgan fingerprint density at radius 2 is 1.79 bits per heavy atom. The van der Waals surface area contributed by atoms with Crippen molar-refractivity contribution in [2.24, 2.45) is 5.73 Å². The molecule has 0 spiro atoms. The Kier molecular flexibility index (Phi) is 4.61. The van der Waals surface area contributed by atoms with Crippen molar-refractivity contribution in [3.05, 3.63) is 63.6 Å². The van der Waals surface area contributed by atoms with Crippen molar-refractivity contribution in [2.45, 2.75) is 20.0 Å². The predicted molar refractivity (Wildman–Crippen MR) is 82.5 cm³/mol. The minimum atomic E-state index is -0.126. The Morgan fingerprint density at radius 3 is 2.37 bits per heavy atom. The maximum atomic E-state index is 6.02. The lowest BCUT2D eigenvalue weighted by molar-refractivity contribution is 0.214. The largest absolute Gasteiger partial charge is 0.484 e. The molecule has 1 atom stereocenters. The second-order valence-electron chi connectivity index (χ2n) is 4.72. The molecule has 0 aliphatic carbocycles. The highest BCUT2D eigenvalue weighted by Gasteiger charge is 2.12. The van der Waals surface area contributed by atoms with Crippen LogP contribution in [0.1, 0.15) is 22.8 Å². The van der Waals surface area contributed by atoms with Gasteiger partial charge in [0.2, 0.25) is 0 Å². The highest BCUT2D eigenvalue weighted by atomic mass is 79.9. The molecule has 2 aromatic carbocycles. The highest BCUT2D eigenvalue weighted by Crippen LogP contribution is 2.25. The lowest BCUT2D eigenvalue weighted by Gasteiger charge is -2.19. The SMILES string of the molecule is Cc1cc(C)cc(OC(CN)c2cccc(Br)c2)c1. The van der Waals surface area contributed by atoms with Crippen molar-refractivity contribution in [1.82, 2.24) is 0 Å². The molecule has 19 heavy (non-hydrogen) atoms. The molecule has 0 aliphatic heterocycles. The molecule has 1 unspecified atom stereocenters. The molecule has 0 bridgehead atoms. The molecular formula is C16H18BrNO. The number of hydrogen-bond donors (Lipinski definition) is 1. The average Bonchev–Trinajstić information content (AvgIpc) is 2.34. The van der Waals surface area contributed by atoms with Crippen molar-refractivity contribution in [1.29, 1.82) is 0 Å². The predicted octanol–water partition coefficient (Wildman–Crippen LogP) is 4.14. The van der Waals surface area contributed by atoms with Gasteiger partial charge in [-0.25, -0.2) is 0 Å². The van der Waals surface area contributed by atoms with E-state index in [2.05, 4.69) is 35.8 Å². The molecular weight excluding hydrogens is 302 g/mol. The Hall–Kier alpha value is -1.32. The summed E-state index contributed by atoms with van der Waals surface area (Å²) in [5.41, 5.74) is 9.31. The van der Waals surface area contributed by atoms with Crippen molar-refractivity contribution >= 4 is 15.9 Å². The van der Waals surface area contributed by atoms with Gasteiger partial charge >= 0.3 is 0 Å². The van der Waals surface area contributed by atoms with Crippen LogP contribution in [0.4, 0.5) is 0 Å². The van der Waals surface area contributed by atoms with Crippen LogP contribution in [0.5, 0.6) is 5.75 Å². The van der Waals surface area contributed by atoms with Gasteiger partial charge in [-0.1, -0.05) is 34.1 Å². The Bertz CT molecular complexity index is 548. The number of halogens is 1. The van der Waals surface area contributed by atoms with Gasteiger partial charge in [0.15, 0.2) is 0 Å². The van der Waals surface area contributed by atoms with Crippen LogP contribution in [0.2, 0.25) is 0 Å². The summed E-state index contributed by atoms with van der Waals surface area (Å²) < 4.78 is 7.06. The zero-order valence-corrected chi connectivity index (χ0v) is 12.8. The van der Waals surface area contributed by atoms with Gasteiger partial charge in [0.25, 0.3) is 0 Å². The fraction of sp³-hybridized carbons (Fsp3) is 0.250. The zero-order chi connectivity index (χ0) is 13.8. The molecule has 0 saturated carbocycles. The third kappa shape index (κ3) is 3.82. The fourth-order valence-corrected chi connectivity index (χ4v) is 2.54. The normalized spacial score (nSPS) is 12.2. The zero-order valence-electron chi connectivity index (χ0n) is 11.2. The van der Waals surface area contributed by atoms with Crippen LogP contribution in [-0.2, 0) is 0 Å². The molecule has 2 rings (SSSR count). The molecule has 0 amide bonds. The summed E-state index contributed by atoms with van der Waals surface area (Å²) in [6.07, 6.45) is -0.126. The molecule has 2 aromatic rings. The first-order valence-corrected chi connectivity index (χ1v) is 7.08. The Balaban J connectivity index is 2.23. The average molecular weight is 320 g/mol. The Morgan fingerprint density at radius 1 is 1.11 bits per heavy atom. The van der Waals surface area contributed by atoms with Gasteiger partial charge in [0.05, 0.1) is 0 Å². The van der Waals surface area contributed by atoms with Crippen LogP contribution in [-0.4, -0.2) is 6.54 Å². The maximum Gasteiger partial charge on any atom is 0.136 e. The van der Waals surface area contributed by atoms with E-state index in [1.807, 2.05) is 36.4 Å². The highest BCUT2D eigenvalue weighted by molar-refractivity contribution is 9.10. The van der Waals surface area contributed by atoms with Gasteiger partial charge in [-0.3, -0.25) is 0 Å². The second-order valence-corrected chi connectivity index (χ2v) is 5.64. The van der Waals surface area contributed by atoms with Crippen LogP contribution in [0.15, 0.2) is 46.9 Å². The summed E-state index contributed by atoms with van der Waals surface area (Å²) in [6, 6.07) is 14.3. The first-order chi connectivity index (χ1) is 9.08. The van der Waals surface area contributed by atoms with Crippen LogP contribution >= 0.6 is 15.9 Å².